The molecule has 0 aromatic carbocycles. The van der Waals surface area contributed by atoms with E-state index in [4.69, 9.17) is 29.2 Å². The highest BCUT2D eigenvalue weighted by atomic mass is 32.2. The molecule has 3 fully saturated rings. The van der Waals surface area contributed by atoms with Gasteiger partial charge in [-0.2, -0.15) is 0 Å². The molecule has 18 heteroatoms. The Bertz CT molecular complexity index is 1350. The van der Waals surface area contributed by atoms with Crippen molar-refractivity contribution in [1.82, 2.24) is 19.8 Å². The molecule has 3 saturated heterocycles. The maximum atomic E-state index is 13.6. The van der Waals surface area contributed by atoms with Crippen LogP contribution < -0.4 is 11.6 Å². The summed E-state index contributed by atoms with van der Waals surface area (Å²) in [5, 5.41) is 5.97. The number of ketones is 1. The number of Topliss-reactive ketones (excluding diaryl/α,β-unsaturated/α-hetero) is 1. The zero-order valence-corrected chi connectivity index (χ0v) is 25.6. The molecule has 1 aromatic heterocycles. The highest BCUT2D eigenvalue weighted by molar-refractivity contribution is 8.02. The van der Waals surface area contributed by atoms with Crippen LogP contribution >= 0.6 is 23.1 Å². The molecule has 4 N–H and O–H groups in total. The van der Waals surface area contributed by atoms with Gasteiger partial charge in [0.2, 0.25) is 16.4 Å². The number of thioether (sulfide) groups is 1. The molecule has 4 rings (SSSR count). The lowest BCUT2D eigenvalue weighted by Crippen LogP contribution is -2.60. The summed E-state index contributed by atoms with van der Waals surface area (Å²) < 4.78 is 9.92. The summed E-state index contributed by atoms with van der Waals surface area (Å²) in [6.07, 6.45) is -0.333. The lowest BCUT2D eigenvalue weighted by Gasteiger charge is -2.40. The van der Waals surface area contributed by atoms with E-state index < -0.39 is 63.1 Å². The highest BCUT2D eigenvalue weighted by Crippen LogP contribution is 2.53. The predicted octanol–water partition coefficient (Wildman–Crippen LogP) is 0.380. The Labute approximate surface area is 251 Å². The number of hydrogen-bond acceptors (Lipinski definition) is 14. The van der Waals surface area contributed by atoms with Gasteiger partial charge in [0.25, 0.3) is 0 Å². The number of nitrogen functional groups attached to an aromatic ring is 1. The number of nitrogens with two attached hydrogens (primary N) is 2. The van der Waals surface area contributed by atoms with Crippen LogP contribution in [0.2, 0.25) is 0 Å². The lowest BCUT2D eigenvalue weighted by atomic mass is 9.90. The maximum Gasteiger partial charge on any atom is 0.378 e. The number of urea groups is 1. The van der Waals surface area contributed by atoms with Gasteiger partial charge in [0, 0.05) is 18.3 Å². The maximum absolute atomic E-state index is 13.6. The molecule has 2 radical (unpaired) electrons. The van der Waals surface area contributed by atoms with E-state index in [2.05, 4.69) is 14.8 Å². The van der Waals surface area contributed by atoms with E-state index in [1.165, 1.54) is 29.0 Å². The molecule has 226 valence electrons. The Balaban J connectivity index is 1.56. The van der Waals surface area contributed by atoms with Crippen LogP contribution in [0.5, 0.6) is 0 Å². The third-order valence-electron chi connectivity index (χ3n) is 6.88. The summed E-state index contributed by atoms with van der Waals surface area (Å²) in [6, 6.07) is -1.03. The molecular formula is C24H32BN7O8S2. The van der Waals surface area contributed by atoms with Crippen molar-refractivity contribution in [2.45, 2.75) is 75.5 Å². The number of oxime groups is 1. The van der Waals surface area contributed by atoms with Gasteiger partial charge in [-0.25, -0.2) is 20.4 Å². The smallest absolute Gasteiger partial charge is 0.378 e. The SMILES string of the molecule is [B]OC(=O)[C@@]1(N2C[C@@H](C)N(N)C2=O)CN2C(=O)C(CC(=O)/C(=N\OC(C)(C)C(=O)OC(C)(C)C)c3csc(N)n3)[C@H]2S1. The van der Waals surface area contributed by atoms with Crippen molar-refractivity contribution in [2.75, 3.05) is 18.8 Å². The quantitative estimate of drug-likeness (QED) is 0.0732. The molecule has 42 heavy (non-hydrogen) atoms. The number of ether oxygens (including phenoxy) is 1. The Morgan fingerprint density at radius 2 is 1.90 bits per heavy atom. The van der Waals surface area contributed by atoms with Crippen molar-refractivity contribution in [2.24, 2.45) is 16.9 Å². The number of nitrogens with zero attached hydrogens (tertiary/aromatic N) is 5. The van der Waals surface area contributed by atoms with Crippen LogP contribution in [-0.4, -0.2) is 104 Å². The molecule has 3 aliphatic rings. The molecule has 0 aliphatic carbocycles. The second-order valence-electron chi connectivity index (χ2n) is 11.7. The first-order valence-corrected chi connectivity index (χ1v) is 14.7. The molecule has 3 aliphatic heterocycles. The summed E-state index contributed by atoms with van der Waals surface area (Å²) in [6.45, 7) is 9.59. The number of carbonyl (C=O) groups is 5. The van der Waals surface area contributed by atoms with E-state index in [-0.39, 0.29) is 36.0 Å². The van der Waals surface area contributed by atoms with Gasteiger partial charge in [0.15, 0.2) is 16.6 Å². The number of rotatable bonds is 9. The monoisotopic (exact) mass is 621 g/mol. The number of hydrogen-bond donors (Lipinski definition) is 2. The minimum absolute atomic E-state index is 0.0998. The second-order valence-corrected chi connectivity index (χ2v) is 13.9. The molecule has 4 atom stereocenters. The molecule has 0 bridgehead atoms. The minimum atomic E-state index is -1.65. The Morgan fingerprint density at radius 3 is 2.43 bits per heavy atom. The number of hydrazine groups is 1. The molecule has 0 spiro atoms. The fourth-order valence-corrected chi connectivity index (χ4v) is 6.89. The van der Waals surface area contributed by atoms with Gasteiger partial charge in [0.1, 0.15) is 11.3 Å². The predicted molar refractivity (Wildman–Crippen MR) is 152 cm³/mol. The number of fused-ring (bicyclic) bond motifs is 1. The van der Waals surface area contributed by atoms with Crippen LogP contribution in [0.3, 0.4) is 0 Å². The fraction of sp³-hybridized carbons (Fsp3) is 0.625. The van der Waals surface area contributed by atoms with Crippen LogP contribution in [0, 0.1) is 5.92 Å². The number of amides is 3. The first kappa shape index (κ1) is 31.6. The summed E-state index contributed by atoms with van der Waals surface area (Å²) in [5.74, 6) is 2.31. The molecule has 0 saturated carbocycles. The molecule has 4 heterocycles. The van der Waals surface area contributed by atoms with Crippen molar-refractivity contribution in [3.8, 4) is 0 Å². The van der Waals surface area contributed by atoms with E-state index in [0.717, 1.165) is 28.1 Å². The van der Waals surface area contributed by atoms with Crippen molar-refractivity contribution in [3.63, 3.8) is 0 Å². The van der Waals surface area contributed by atoms with Crippen molar-refractivity contribution >= 4 is 71.7 Å². The zero-order chi connectivity index (χ0) is 31.4. The van der Waals surface area contributed by atoms with E-state index in [1.54, 1.807) is 27.7 Å². The lowest BCUT2D eigenvalue weighted by molar-refractivity contribution is -0.179. The second kappa shape index (κ2) is 11.0. The van der Waals surface area contributed by atoms with Gasteiger partial charge >= 0.3 is 26.0 Å². The number of β-lactam (4-membered cyclic amide) rings is 1. The number of esters is 1. The van der Waals surface area contributed by atoms with Crippen LogP contribution in [0.15, 0.2) is 10.5 Å². The van der Waals surface area contributed by atoms with Gasteiger partial charge in [-0.05, 0) is 41.5 Å². The van der Waals surface area contributed by atoms with Crippen molar-refractivity contribution in [1.29, 1.82) is 0 Å². The van der Waals surface area contributed by atoms with E-state index >= 15 is 0 Å². The largest absolute Gasteiger partial charge is 0.541 e. The number of anilines is 1. The summed E-state index contributed by atoms with van der Waals surface area (Å²) in [4.78, 5) is 75.8. The van der Waals surface area contributed by atoms with Crippen LogP contribution in [0.1, 0.15) is 53.7 Å². The minimum Gasteiger partial charge on any atom is -0.541 e. The Morgan fingerprint density at radius 1 is 1.24 bits per heavy atom. The molecule has 1 unspecified atom stereocenters. The van der Waals surface area contributed by atoms with Gasteiger partial charge < -0.3 is 24.9 Å². The number of carbonyl (C=O) groups excluding carboxylic acids is 5. The zero-order valence-electron chi connectivity index (χ0n) is 24.0. The average Bonchev–Trinajstić information content (AvgIpc) is 3.57. The summed E-state index contributed by atoms with van der Waals surface area (Å²) >= 11 is 2.06. The standard InChI is InChI=1S/C24H32BN7O8S2/c1-11-8-31(21(37)32(11)27)24(19(36)39-25)10-30-16(34)12(17(30)42-24)7-14(33)15(13-9-41-20(26)28-13)29-40-23(5,6)18(35)38-22(2,3)4/h9,11-12,17H,7-8,10,27H2,1-6H3,(H2,26,28)/b29-15-/t11-,12?,17-,24-/m1/s1. The third kappa shape index (κ3) is 5.66. The summed E-state index contributed by atoms with van der Waals surface area (Å²) in [5.41, 5.74) is 3.28. The van der Waals surface area contributed by atoms with Crippen molar-refractivity contribution < 1.29 is 38.2 Å². The topological polar surface area (TPSA) is 200 Å². The molecular weight excluding hydrogens is 589 g/mol. The van der Waals surface area contributed by atoms with Crippen molar-refractivity contribution in [3.05, 3.63) is 11.1 Å². The molecule has 3 amide bonds. The first-order chi connectivity index (χ1) is 19.4. The Kier molecular flexibility index (Phi) is 8.29. The first-order valence-electron chi connectivity index (χ1n) is 12.9. The van der Waals surface area contributed by atoms with Crippen LogP contribution in [-0.2, 0) is 33.4 Å². The molecule has 1 aromatic rings. The van der Waals surface area contributed by atoms with Gasteiger partial charge in [-0.15, -0.1) is 11.3 Å². The van der Waals surface area contributed by atoms with E-state index in [0.29, 0.717) is 0 Å². The van der Waals surface area contributed by atoms with E-state index in [1.807, 2.05) is 0 Å². The number of aromatic nitrogens is 1. The number of thiazole rings is 1. The van der Waals surface area contributed by atoms with Crippen LogP contribution in [0.4, 0.5) is 9.93 Å². The highest BCUT2D eigenvalue weighted by Gasteiger charge is 2.66. The Hall–Kier alpha value is -3.38. The van der Waals surface area contributed by atoms with Crippen LogP contribution in [0.25, 0.3) is 0 Å². The van der Waals surface area contributed by atoms with E-state index in [9.17, 15) is 24.0 Å². The van der Waals surface area contributed by atoms with Gasteiger partial charge in [0.05, 0.1) is 23.9 Å². The van der Waals surface area contributed by atoms with Gasteiger partial charge in [-0.1, -0.05) is 16.9 Å². The summed E-state index contributed by atoms with van der Waals surface area (Å²) in [7, 11) is 5.23. The average molecular weight is 622 g/mol. The van der Waals surface area contributed by atoms with Gasteiger partial charge in [-0.3, -0.25) is 24.3 Å². The normalized spacial score (nSPS) is 26.2. The molecule has 15 nitrogen and oxygen atoms in total. The fourth-order valence-electron chi connectivity index (χ4n) is 4.62. The third-order valence-corrected chi connectivity index (χ3v) is 9.28.